The second-order valence-corrected chi connectivity index (χ2v) is 7.42. The van der Waals surface area contributed by atoms with Gasteiger partial charge in [0.25, 0.3) is 5.91 Å². The number of thiophene rings is 1. The van der Waals surface area contributed by atoms with Crippen LogP contribution in [0.5, 0.6) is 0 Å². The summed E-state index contributed by atoms with van der Waals surface area (Å²) in [6.07, 6.45) is -0.147. The smallest absolute Gasteiger partial charge is 0.305 e. The Bertz CT molecular complexity index is 669. The summed E-state index contributed by atoms with van der Waals surface area (Å²) >= 11 is 1.33. The molecule has 23 heavy (non-hydrogen) atoms. The Morgan fingerprint density at radius 1 is 1.17 bits per heavy atom. The summed E-state index contributed by atoms with van der Waals surface area (Å²) in [4.78, 5) is 23.9. The van der Waals surface area contributed by atoms with Gasteiger partial charge in [0.2, 0.25) is 0 Å². The van der Waals surface area contributed by atoms with Crippen LogP contribution in [0.2, 0.25) is 0 Å². The lowest BCUT2D eigenvalue weighted by atomic mass is 9.86. The Kier molecular flexibility index (Phi) is 5.21. The van der Waals surface area contributed by atoms with E-state index in [2.05, 4.69) is 26.1 Å². The highest BCUT2D eigenvalue weighted by molar-refractivity contribution is 7.12. The van der Waals surface area contributed by atoms with Gasteiger partial charge in [-0.2, -0.15) is 0 Å². The number of benzene rings is 1. The van der Waals surface area contributed by atoms with E-state index in [1.165, 1.54) is 16.9 Å². The highest BCUT2D eigenvalue weighted by atomic mass is 32.1. The molecule has 1 amide bonds. The van der Waals surface area contributed by atoms with Crippen molar-refractivity contribution < 1.29 is 14.7 Å². The molecule has 1 heterocycles. The van der Waals surface area contributed by atoms with E-state index in [-0.39, 0.29) is 17.7 Å². The third-order valence-electron chi connectivity index (χ3n) is 3.61. The first kappa shape index (κ1) is 17.2. The zero-order valence-corrected chi connectivity index (χ0v) is 14.3. The minimum atomic E-state index is -0.943. The maximum atomic E-state index is 12.2. The maximum absolute atomic E-state index is 12.2. The number of carboxylic acid groups (broad SMARTS) is 1. The van der Waals surface area contributed by atoms with Gasteiger partial charge in [-0.15, -0.1) is 11.3 Å². The van der Waals surface area contributed by atoms with E-state index < -0.39 is 12.0 Å². The van der Waals surface area contributed by atoms with Gasteiger partial charge in [0, 0.05) is 0 Å². The van der Waals surface area contributed by atoms with E-state index in [4.69, 9.17) is 5.11 Å². The van der Waals surface area contributed by atoms with Crippen LogP contribution in [0.3, 0.4) is 0 Å². The molecule has 0 aliphatic heterocycles. The predicted molar refractivity (Wildman–Crippen MR) is 91.9 cm³/mol. The molecule has 0 radical (unpaired) electrons. The summed E-state index contributed by atoms with van der Waals surface area (Å²) in [6, 6.07) is 10.7. The highest BCUT2D eigenvalue weighted by Gasteiger charge is 2.20. The monoisotopic (exact) mass is 331 g/mol. The predicted octanol–water partition coefficient (Wildman–Crippen LogP) is 3.99. The molecule has 2 N–H and O–H groups in total. The minimum absolute atomic E-state index is 0.0288. The summed E-state index contributed by atoms with van der Waals surface area (Å²) in [6.45, 7) is 6.36. The third-order valence-corrected chi connectivity index (χ3v) is 4.48. The van der Waals surface area contributed by atoms with Crippen LogP contribution in [0.15, 0.2) is 41.8 Å². The van der Waals surface area contributed by atoms with Crippen LogP contribution in [0, 0.1) is 0 Å². The van der Waals surface area contributed by atoms with E-state index in [1.807, 2.05) is 29.6 Å². The Morgan fingerprint density at radius 3 is 2.30 bits per heavy atom. The van der Waals surface area contributed by atoms with Crippen molar-refractivity contribution in [3.8, 4) is 0 Å². The highest BCUT2D eigenvalue weighted by Crippen LogP contribution is 2.25. The van der Waals surface area contributed by atoms with Crippen molar-refractivity contribution in [2.45, 2.75) is 38.6 Å². The number of carbonyl (C=O) groups excluding carboxylic acids is 1. The van der Waals surface area contributed by atoms with Gasteiger partial charge in [0.1, 0.15) is 0 Å². The molecule has 0 unspecified atom stereocenters. The average molecular weight is 331 g/mol. The van der Waals surface area contributed by atoms with Crippen LogP contribution < -0.4 is 5.32 Å². The van der Waals surface area contributed by atoms with Gasteiger partial charge in [-0.3, -0.25) is 9.59 Å². The van der Waals surface area contributed by atoms with Gasteiger partial charge >= 0.3 is 5.97 Å². The molecule has 0 aliphatic carbocycles. The summed E-state index contributed by atoms with van der Waals surface area (Å²) in [5, 5.41) is 13.8. The molecular formula is C18H21NO3S. The lowest BCUT2D eigenvalue weighted by Crippen LogP contribution is -2.29. The van der Waals surface area contributed by atoms with Gasteiger partial charge in [0.15, 0.2) is 0 Å². The summed E-state index contributed by atoms with van der Waals surface area (Å²) in [7, 11) is 0. The molecule has 2 rings (SSSR count). The summed E-state index contributed by atoms with van der Waals surface area (Å²) < 4.78 is 0. The van der Waals surface area contributed by atoms with Crippen molar-refractivity contribution >= 4 is 23.2 Å². The fourth-order valence-electron chi connectivity index (χ4n) is 2.28. The van der Waals surface area contributed by atoms with E-state index in [0.29, 0.717) is 4.88 Å². The van der Waals surface area contributed by atoms with Gasteiger partial charge in [-0.1, -0.05) is 51.1 Å². The minimum Gasteiger partial charge on any atom is -0.481 e. The van der Waals surface area contributed by atoms with Crippen molar-refractivity contribution in [3.63, 3.8) is 0 Å². The van der Waals surface area contributed by atoms with E-state index in [9.17, 15) is 9.59 Å². The molecule has 0 bridgehead atoms. The molecule has 1 atom stereocenters. The Hall–Kier alpha value is -2.14. The van der Waals surface area contributed by atoms with Crippen molar-refractivity contribution in [1.82, 2.24) is 5.32 Å². The standard InChI is InChI=1S/C18H21NO3S/c1-18(2,3)13-8-6-12(7-9-13)14(11-16(20)21)19-17(22)15-5-4-10-23-15/h4-10,14H,11H2,1-3H3,(H,19,22)(H,20,21)/t14-/m0/s1. The fraction of sp³-hybridized carbons (Fsp3) is 0.333. The summed E-state index contributed by atoms with van der Waals surface area (Å²) in [5.74, 6) is -1.19. The van der Waals surface area contributed by atoms with Crippen LogP contribution in [0.25, 0.3) is 0 Å². The Morgan fingerprint density at radius 2 is 1.83 bits per heavy atom. The molecule has 4 nitrogen and oxygen atoms in total. The Labute approximate surface area is 140 Å². The largest absolute Gasteiger partial charge is 0.481 e. The fourth-order valence-corrected chi connectivity index (χ4v) is 2.91. The molecule has 0 saturated heterocycles. The zero-order valence-electron chi connectivity index (χ0n) is 13.5. The van der Waals surface area contributed by atoms with Crippen LogP contribution in [0.4, 0.5) is 0 Å². The van der Waals surface area contributed by atoms with Crippen molar-refractivity contribution in [1.29, 1.82) is 0 Å². The number of carboxylic acids is 1. The maximum Gasteiger partial charge on any atom is 0.305 e. The van der Waals surface area contributed by atoms with Gasteiger partial charge in [-0.25, -0.2) is 0 Å². The molecule has 0 saturated carbocycles. The topological polar surface area (TPSA) is 66.4 Å². The molecule has 0 fully saturated rings. The van der Waals surface area contributed by atoms with Crippen molar-refractivity contribution in [3.05, 3.63) is 57.8 Å². The third kappa shape index (κ3) is 4.66. The second kappa shape index (κ2) is 6.96. The Balaban J connectivity index is 2.21. The number of carbonyl (C=O) groups is 2. The molecule has 0 aliphatic rings. The van der Waals surface area contributed by atoms with Crippen LogP contribution in [-0.4, -0.2) is 17.0 Å². The number of aliphatic carboxylic acids is 1. The number of amides is 1. The first-order valence-corrected chi connectivity index (χ1v) is 8.32. The number of hydrogen-bond donors (Lipinski definition) is 2. The molecule has 0 spiro atoms. The van der Waals surface area contributed by atoms with E-state index >= 15 is 0 Å². The lowest BCUT2D eigenvalue weighted by molar-refractivity contribution is -0.137. The van der Waals surface area contributed by atoms with Crippen LogP contribution in [0.1, 0.15) is 54.0 Å². The number of nitrogens with one attached hydrogen (secondary N) is 1. The molecule has 2 aromatic rings. The first-order valence-electron chi connectivity index (χ1n) is 7.44. The number of hydrogen-bond acceptors (Lipinski definition) is 3. The molecular weight excluding hydrogens is 310 g/mol. The van der Waals surface area contributed by atoms with Crippen molar-refractivity contribution in [2.24, 2.45) is 0 Å². The van der Waals surface area contributed by atoms with Crippen LogP contribution >= 0.6 is 11.3 Å². The lowest BCUT2D eigenvalue weighted by Gasteiger charge is -2.21. The van der Waals surface area contributed by atoms with Gasteiger partial charge in [-0.05, 0) is 28.0 Å². The van der Waals surface area contributed by atoms with E-state index in [0.717, 1.165) is 5.56 Å². The number of rotatable bonds is 5. The van der Waals surface area contributed by atoms with Crippen LogP contribution in [-0.2, 0) is 10.2 Å². The first-order chi connectivity index (χ1) is 10.8. The molecule has 5 heteroatoms. The SMILES string of the molecule is CC(C)(C)c1ccc([C@H](CC(=O)O)NC(=O)c2cccs2)cc1. The summed E-state index contributed by atoms with van der Waals surface area (Å²) in [5.41, 5.74) is 1.99. The molecule has 1 aromatic carbocycles. The second-order valence-electron chi connectivity index (χ2n) is 6.47. The quantitative estimate of drug-likeness (QED) is 0.870. The molecule has 122 valence electrons. The van der Waals surface area contributed by atoms with E-state index in [1.54, 1.807) is 12.1 Å². The van der Waals surface area contributed by atoms with Crippen molar-refractivity contribution in [2.75, 3.05) is 0 Å². The average Bonchev–Trinajstić information content (AvgIpc) is 2.99. The zero-order chi connectivity index (χ0) is 17.0. The normalized spacial score (nSPS) is 12.7. The van der Waals surface area contributed by atoms with Gasteiger partial charge < -0.3 is 10.4 Å². The molecule has 1 aromatic heterocycles. The van der Waals surface area contributed by atoms with Gasteiger partial charge in [0.05, 0.1) is 17.3 Å².